The van der Waals surface area contributed by atoms with Crippen LogP contribution in [0.15, 0.2) is 0 Å². The smallest absolute Gasteiger partial charge is 0.239 e. The molecule has 3 N–H and O–H groups in total. The second-order valence-corrected chi connectivity index (χ2v) is 6.25. The van der Waals surface area contributed by atoms with Crippen LogP contribution < -0.4 is 11.1 Å². The topological polar surface area (TPSA) is 78.7 Å². The molecule has 0 aromatic heterocycles. The highest BCUT2D eigenvalue weighted by atomic mass is 16.2. The Balaban J connectivity index is 2.35. The Morgan fingerprint density at radius 1 is 1.14 bits per heavy atom. The van der Waals surface area contributed by atoms with Crippen LogP contribution >= 0.6 is 0 Å². The molecule has 1 heterocycles. The van der Waals surface area contributed by atoms with Gasteiger partial charge in [-0.3, -0.25) is 14.5 Å². The van der Waals surface area contributed by atoms with Crippen molar-refractivity contribution in [3.8, 4) is 0 Å². The van der Waals surface area contributed by atoms with E-state index in [1.165, 1.54) is 0 Å². The Hall–Kier alpha value is -1.14. The minimum absolute atomic E-state index is 0.0220. The molecule has 2 atom stereocenters. The highest BCUT2D eigenvalue weighted by Crippen LogP contribution is 2.07. The van der Waals surface area contributed by atoms with Gasteiger partial charge in [0.15, 0.2) is 0 Å². The van der Waals surface area contributed by atoms with E-state index in [-0.39, 0.29) is 23.8 Å². The number of nitrogens with zero attached hydrogens (tertiary/aromatic N) is 2. The van der Waals surface area contributed by atoms with Crippen molar-refractivity contribution in [3.63, 3.8) is 0 Å². The van der Waals surface area contributed by atoms with Crippen LogP contribution in [0.25, 0.3) is 0 Å². The number of carbonyl (C=O) groups is 2. The molecule has 122 valence electrons. The van der Waals surface area contributed by atoms with E-state index in [2.05, 4.69) is 10.2 Å². The number of carbonyl (C=O) groups excluding carboxylic acids is 2. The third kappa shape index (κ3) is 5.63. The second-order valence-electron chi connectivity index (χ2n) is 6.25. The van der Waals surface area contributed by atoms with Crippen LogP contribution in [0.4, 0.5) is 0 Å². The fraction of sp³-hybridized carbons (Fsp3) is 0.867. The summed E-state index contributed by atoms with van der Waals surface area (Å²) in [6.45, 7) is 11.1. The van der Waals surface area contributed by atoms with Crippen LogP contribution in [0.3, 0.4) is 0 Å². The number of piperazine rings is 1. The van der Waals surface area contributed by atoms with Gasteiger partial charge in [0.2, 0.25) is 11.8 Å². The molecule has 1 saturated heterocycles. The summed E-state index contributed by atoms with van der Waals surface area (Å²) in [5.74, 6) is 0.230. The number of hydrogen-bond acceptors (Lipinski definition) is 4. The molecule has 6 nitrogen and oxygen atoms in total. The van der Waals surface area contributed by atoms with E-state index in [9.17, 15) is 9.59 Å². The van der Waals surface area contributed by atoms with E-state index in [0.29, 0.717) is 19.6 Å². The standard InChI is InChI=1S/C15H30N4O2/c1-5-12(4)17-13(20)10-18-6-8-19(9-7-18)15(21)14(16)11(2)3/h11-12,14H,5-10,16H2,1-4H3,(H,17,20)/t12?,14-/m0/s1. The van der Waals surface area contributed by atoms with Crippen molar-refractivity contribution in [1.82, 2.24) is 15.1 Å². The number of nitrogens with one attached hydrogen (secondary N) is 1. The predicted octanol–water partition coefficient (Wildman–Crippen LogP) is 0.0286. The normalized spacial score (nSPS) is 19.4. The average Bonchev–Trinajstić information content (AvgIpc) is 2.46. The molecule has 1 aliphatic rings. The van der Waals surface area contributed by atoms with Gasteiger partial charge < -0.3 is 16.0 Å². The largest absolute Gasteiger partial charge is 0.353 e. The van der Waals surface area contributed by atoms with Gasteiger partial charge in [-0.2, -0.15) is 0 Å². The SMILES string of the molecule is CCC(C)NC(=O)CN1CCN(C(=O)[C@@H](N)C(C)C)CC1. The monoisotopic (exact) mass is 298 g/mol. The maximum absolute atomic E-state index is 12.2. The Morgan fingerprint density at radius 3 is 2.19 bits per heavy atom. The summed E-state index contributed by atoms with van der Waals surface area (Å²) in [6, 6.07) is -0.213. The van der Waals surface area contributed by atoms with E-state index < -0.39 is 6.04 Å². The Labute approximate surface area is 128 Å². The third-order valence-corrected chi connectivity index (χ3v) is 4.07. The summed E-state index contributed by atoms with van der Waals surface area (Å²) in [5, 5.41) is 2.96. The molecule has 21 heavy (non-hydrogen) atoms. The lowest BCUT2D eigenvalue weighted by Crippen LogP contribution is -2.55. The quantitative estimate of drug-likeness (QED) is 0.725. The molecule has 2 amide bonds. The molecule has 0 radical (unpaired) electrons. The number of amides is 2. The molecular weight excluding hydrogens is 268 g/mol. The van der Waals surface area contributed by atoms with Gasteiger partial charge in [0.05, 0.1) is 12.6 Å². The van der Waals surface area contributed by atoms with E-state index in [4.69, 9.17) is 5.73 Å². The first-order valence-electron chi connectivity index (χ1n) is 7.91. The summed E-state index contributed by atoms with van der Waals surface area (Å²) >= 11 is 0. The molecule has 0 aliphatic carbocycles. The second kappa shape index (κ2) is 8.34. The first-order valence-corrected chi connectivity index (χ1v) is 7.91. The first kappa shape index (κ1) is 17.9. The van der Waals surface area contributed by atoms with Crippen LogP contribution in [0.2, 0.25) is 0 Å². The highest BCUT2D eigenvalue weighted by molar-refractivity contribution is 5.82. The van der Waals surface area contributed by atoms with E-state index >= 15 is 0 Å². The minimum Gasteiger partial charge on any atom is -0.353 e. The van der Waals surface area contributed by atoms with Crippen LogP contribution in [0.1, 0.15) is 34.1 Å². The molecule has 1 unspecified atom stereocenters. The fourth-order valence-corrected chi connectivity index (χ4v) is 2.25. The molecule has 0 aromatic carbocycles. The number of hydrogen-bond donors (Lipinski definition) is 2. The molecule has 0 aromatic rings. The summed E-state index contributed by atoms with van der Waals surface area (Å²) < 4.78 is 0. The lowest BCUT2D eigenvalue weighted by Gasteiger charge is -2.36. The van der Waals surface area contributed by atoms with Crippen molar-refractivity contribution in [2.75, 3.05) is 32.7 Å². The fourth-order valence-electron chi connectivity index (χ4n) is 2.25. The molecule has 0 bridgehead atoms. The van der Waals surface area contributed by atoms with Gasteiger partial charge in [0.1, 0.15) is 0 Å². The summed E-state index contributed by atoms with van der Waals surface area (Å²) in [5.41, 5.74) is 5.91. The molecule has 1 fully saturated rings. The lowest BCUT2D eigenvalue weighted by molar-refractivity contribution is -0.135. The summed E-state index contributed by atoms with van der Waals surface area (Å²) in [7, 11) is 0. The Bertz CT molecular complexity index is 352. The number of rotatable bonds is 6. The van der Waals surface area contributed by atoms with E-state index in [1.807, 2.05) is 32.6 Å². The van der Waals surface area contributed by atoms with Crippen molar-refractivity contribution in [2.24, 2.45) is 11.7 Å². The van der Waals surface area contributed by atoms with Gasteiger partial charge in [-0.1, -0.05) is 20.8 Å². The van der Waals surface area contributed by atoms with Crippen molar-refractivity contribution in [3.05, 3.63) is 0 Å². The molecule has 0 spiro atoms. The van der Waals surface area contributed by atoms with Crippen molar-refractivity contribution >= 4 is 11.8 Å². The lowest BCUT2D eigenvalue weighted by atomic mass is 10.0. The van der Waals surface area contributed by atoms with Crippen LogP contribution in [-0.2, 0) is 9.59 Å². The molecule has 0 saturated carbocycles. The summed E-state index contributed by atoms with van der Waals surface area (Å²) in [4.78, 5) is 27.9. The molecular formula is C15H30N4O2. The molecule has 1 rings (SSSR count). The van der Waals surface area contributed by atoms with Gasteiger partial charge in [0, 0.05) is 32.2 Å². The zero-order chi connectivity index (χ0) is 16.0. The predicted molar refractivity (Wildman–Crippen MR) is 83.7 cm³/mol. The van der Waals surface area contributed by atoms with E-state index in [0.717, 1.165) is 19.5 Å². The number of nitrogens with two attached hydrogens (primary N) is 1. The summed E-state index contributed by atoms with van der Waals surface area (Å²) in [6.07, 6.45) is 0.932. The van der Waals surface area contributed by atoms with Crippen LogP contribution in [0, 0.1) is 5.92 Å². The van der Waals surface area contributed by atoms with Gasteiger partial charge in [-0.25, -0.2) is 0 Å². The Morgan fingerprint density at radius 2 is 1.71 bits per heavy atom. The van der Waals surface area contributed by atoms with E-state index in [1.54, 1.807) is 0 Å². The zero-order valence-electron chi connectivity index (χ0n) is 13.8. The van der Waals surface area contributed by atoms with Crippen molar-refractivity contribution in [2.45, 2.75) is 46.2 Å². The highest BCUT2D eigenvalue weighted by Gasteiger charge is 2.27. The minimum atomic E-state index is -0.426. The maximum Gasteiger partial charge on any atom is 0.239 e. The molecule has 6 heteroatoms. The zero-order valence-corrected chi connectivity index (χ0v) is 13.8. The van der Waals surface area contributed by atoms with Crippen LogP contribution in [0.5, 0.6) is 0 Å². The van der Waals surface area contributed by atoms with Gasteiger partial charge in [0.25, 0.3) is 0 Å². The van der Waals surface area contributed by atoms with Gasteiger partial charge >= 0.3 is 0 Å². The van der Waals surface area contributed by atoms with Crippen LogP contribution in [-0.4, -0.2) is 66.4 Å². The third-order valence-electron chi connectivity index (χ3n) is 4.07. The van der Waals surface area contributed by atoms with Gasteiger partial charge in [-0.05, 0) is 19.3 Å². The average molecular weight is 298 g/mol. The molecule has 1 aliphatic heterocycles. The van der Waals surface area contributed by atoms with Crippen molar-refractivity contribution in [1.29, 1.82) is 0 Å². The Kier molecular flexibility index (Phi) is 7.11. The van der Waals surface area contributed by atoms with Gasteiger partial charge in [-0.15, -0.1) is 0 Å². The maximum atomic E-state index is 12.2. The van der Waals surface area contributed by atoms with Crippen molar-refractivity contribution < 1.29 is 9.59 Å². The first-order chi connectivity index (χ1) is 9.85.